The minimum atomic E-state index is -0.475. The second kappa shape index (κ2) is 15.4. The lowest BCUT2D eigenvalue weighted by molar-refractivity contribution is -0.148. The summed E-state index contributed by atoms with van der Waals surface area (Å²) in [5, 5.41) is 10.4. The highest BCUT2D eigenvalue weighted by Gasteiger charge is 2.27. The zero-order chi connectivity index (χ0) is 22.3. The minimum Gasteiger partial charge on any atom is -0.462 e. The zero-order valence-electron chi connectivity index (χ0n) is 19.7. The fourth-order valence-corrected chi connectivity index (χ4v) is 3.12. The molecule has 0 heterocycles. The molecule has 0 aromatic rings. The van der Waals surface area contributed by atoms with Crippen LogP contribution in [0.3, 0.4) is 0 Å². The fourth-order valence-electron chi connectivity index (χ4n) is 3.12. The van der Waals surface area contributed by atoms with Crippen LogP contribution in [-0.4, -0.2) is 64.2 Å². The summed E-state index contributed by atoms with van der Waals surface area (Å²) in [6, 6.07) is 0. The largest absolute Gasteiger partial charge is 0.462 e. The van der Waals surface area contributed by atoms with Crippen LogP contribution in [0.5, 0.6) is 0 Å². The van der Waals surface area contributed by atoms with Gasteiger partial charge in [0.1, 0.15) is 30.1 Å². The quantitative estimate of drug-likeness (QED) is 0.141. The van der Waals surface area contributed by atoms with E-state index < -0.39 is 11.2 Å². The van der Waals surface area contributed by atoms with Gasteiger partial charge in [-0.25, -0.2) is 0 Å². The molecule has 0 saturated heterocycles. The van der Waals surface area contributed by atoms with Crippen molar-refractivity contribution < 1.29 is 14.3 Å². The molecule has 0 aromatic heterocycles. The maximum absolute atomic E-state index is 12.2. The van der Waals surface area contributed by atoms with Crippen LogP contribution in [0, 0.1) is 5.41 Å². The molecule has 164 valence electrons. The van der Waals surface area contributed by atoms with Crippen molar-refractivity contribution in [2.24, 2.45) is 0 Å². The predicted molar refractivity (Wildman–Crippen MR) is 129 cm³/mol. The van der Waals surface area contributed by atoms with Gasteiger partial charge in [0.15, 0.2) is 5.96 Å². The van der Waals surface area contributed by atoms with E-state index in [-0.39, 0.29) is 24.5 Å². The Balaban J connectivity index is 4.12. The summed E-state index contributed by atoms with van der Waals surface area (Å²) in [5.74, 6) is -0.611. The molecule has 0 aliphatic rings. The lowest BCUT2D eigenvalue weighted by atomic mass is 9.48. The fraction of sp³-hybridized carbons (Fsp3) is 0.850. The second-order valence-corrected chi connectivity index (χ2v) is 9.12. The number of hydrogen-bond acceptors (Lipinski definition) is 4. The lowest BCUT2D eigenvalue weighted by Gasteiger charge is -2.37. The van der Waals surface area contributed by atoms with Crippen molar-refractivity contribution in [2.75, 3.05) is 6.54 Å². The summed E-state index contributed by atoms with van der Waals surface area (Å²) in [6.07, 6.45) is 12.4. The van der Waals surface area contributed by atoms with Gasteiger partial charge in [-0.15, -0.1) is 0 Å². The number of hydrogen-bond donors (Lipinski definition) is 2. The number of unbranched alkanes of at least 4 members (excludes halogenated alkanes) is 9. The smallest absolute Gasteiger partial charge is 0.325 e. The first kappa shape index (κ1) is 27.6. The van der Waals surface area contributed by atoms with Gasteiger partial charge in [0, 0.05) is 6.42 Å². The van der Waals surface area contributed by atoms with Crippen LogP contribution in [0.15, 0.2) is 0 Å². The van der Waals surface area contributed by atoms with Gasteiger partial charge in [0.25, 0.3) is 0 Å². The van der Waals surface area contributed by atoms with E-state index in [2.05, 4.69) is 12.2 Å². The molecule has 0 aliphatic heterocycles. The van der Waals surface area contributed by atoms with Gasteiger partial charge in [-0.1, -0.05) is 64.7 Å². The van der Waals surface area contributed by atoms with Crippen molar-refractivity contribution in [2.45, 2.75) is 103 Å². The molecule has 0 rings (SSSR count). The Morgan fingerprint density at radius 3 is 1.90 bits per heavy atom. The standard InChI is InChI=1S/C20H42B3N3O3/c1-4-5-6-7-8-9-10-11-12-13-14-17(27)25-19(24)26(20(21,22)23)15-18(28)29-16(2)3/h16H,4-15,21-23H2,1-3H3,(H2,24,25,27). The van der Waals surface area contributed by atoms with Crippen LogP contribution in [0.25, 0.3) is 0 Å². The van der Waals surface area contributed by atoms with Crippen LogP contribution in [-0.2, 0) is 14.3 Å². The molecule has 0 aliphatic carbocycles. The highest BCUT2D eigenvalue weighted by Crippen LogP contribution is 2.11. The normalized spacial score (nSPS) is 11.3. The first-order chi connectivity index (χ1) is 13.6. The van der Waals surface area contributed by atoms with Crippen molar-refractivity contribution in [3.63, 3.8) is 0 Å². The molecule has 0 spiro atoms. The number of esters is 1. The molecule has 0 bridgehead atoms. The van der Waals surface area contributed by atoms with Crippen LogP contribution in [0.4, 0.5) is 0 Å². The molecular weight excluding hydrogens is 363 g/mol. The van der Waals surface area contributed by atoms with E-state index in [4.69, 9.17) is 10.1 Å². The number of nitrogens with zero attached hydrogens (tertiary/aromatic N) is 1. The lowest BCUT2D eigenvalue weighted by Crippen LogP contribution is -2.59. The molecule has 2 N–H and O–H groups in total. The summed E-state index contributed by atoms with van der Waals surface area (Å²) in [4.78, 5) is 25.8. The van der Waals surface area contributed by atoms with Gasteiger partial charge >= 0.3 is 5.97 Å². The van der Waals surface area contributed by atoms with Crippen molar-refractivity contribution in [1.82, 2.24) is 10.2 Å². The van der Waals surface area contributed by atoms with Gasteiger partial charge in [0.2, 0.25) is 5.91 Å². The van der Waals surface area contributed by atoms with Crippen LogP contribution in [0.2, 0.25) is 0 Å². The van der Waals surface area contributed by atoms with E-state index in [1.165, 1.54) is 44.9 Å². The molecule has 29 heavy (non-hydrogen) atoms. The number of guanidine groups is 1. The average Bonchev–Trinajstić information content (AvgIpc) is 2.59. The maximum atomic E-state index is 12.2. The number of carbonyl (C=O) groups excluding carboxylic acids is 2. The van der Waals surface area contributed by atoms with Crippen LogP contribution < -0.4 is 5.32 Å². The SMILES string of the molecule is BC(B)(B)N(CC(=O)OC(C)C)C(=N)NC(=O)CCCCCCCCCCCC. The van der Waals surface area contributed by atoms with Crippen molar-refractivity contribution in [1.29, 1.82) is 5.41 Å². The molecule has 0 saturated carbocycles. The highest BCUT2D eigenvalue weighted by atomic mass is 16.5. The molecular formula is C20H42B3N3O3. The summed E-state index contributed by atoms with van der Waals surface area (Å²) < 4.78 is 5.18. The summed E-state index contributed by atoms with van der Waals surface area (Å²) >= 11 is 0. The van der Waals surface area contributed by atoms with Crippen molar-refractivity contribution in [3.05, 3.63) is 0 Å². The average molecular weight is 405 g/mol. The Hall–Kier alpha value is -1.40. The molecule has 0 aromatic carbocycles. The number of ether oxygens (including phenoxy) is 1. The predicted octanol–water partition coefficient (Wildman–Crippen LogP) is 1.11. The van der Waals surface area contributed by atoms with E-state index in [1.54, 1.807) is 18.7 Å². The van der Waals surface area contributed by atoms with Crippen LogP contribution in [0.1, 0.15) is 91.4 Å². The van der Waals surface area contributed by atoms with E-state index in [0.717, 1.165) is 19.3 Å². The topological polar surface area (TPSA) is 82.5 Å². The molecule has 9 heteroatoms. The van der Waals surface area contributed by atoms with E-state index in [0.29, 0.717) is 6.42 Å². The molecule has 0 fully saturated rings. The number of nitrogens with one attached hydrogen (secondary N) is 2. The van der Waals surface area contributed by atoms with E-state index in [1.807, 2.05) is 23.5 Å². The Labute approximate surface area is 181 Å². The Morgan fingerprint density at radius 2 is 1.45 bits per heavy atom. The molecule has 0 radical (unpaired) electrons. The van der Waals surface area contributed by atoms with Gasteiger partial charge in [-0.05, 0) is 25.5 Å². The van der Waals surface area contributed by atoms with E-state index in [9.17, 15) is 9.59 Å². The van der Waals surface area contributed by atoms with Gasteiger partial charge < -0.3 is 9.64 Å². The first-order valence-electron chi connectivity index (χ1n) is 11.4. The molecule has 1 amide bonds. The summed E-state index contributed by atoms with van der Waals surface area (Å²) in [7, 11) is 5.70. The zero-order valence-corrected chi connectivity index (χ0v) is 19.7. The molecule has 0 atom stereocenters. The Kier molecular flexibility index (Phi) is 14.7. The minimum absolute atomic E-state index is 0.0460. The third-order valence-electron chi connectivity index (χ3n) is 4.75. The highest BCUT2D eigenvalue weighted by molar-refractivity contribution is 6.59. The summed E-state index contributed by atoms with van der Waals surface area (Å²) in [5.41, 5.74) is 0. The Morgan fingerprint density at radius 1 is 0.966 bits per heavy atom. The Bertz CT molecular complexity index is 497. The number of rotatable bonds is 15. The molecule has 0 unspecified atom stereocenters. The monoisotopic (exact) mass is 405 g/mol. The first-order valence-corrected chi connectivity index (χ1v) is 11.4. The third kappa shape index (κ3) is 15.2. The second-order valence-electron chi connectivity index (χ2n) is 9.12. The van der Waals surface area contributed by atoms with Crippen molar-refractivity contribution >= 4 is 41.4 Å². The van der Waals surface area contributed by atoms with Gasteiger partial charge in [-0.3, -0.25) is 20.3 Å². The number of amides is 1. The van der Waals surface area contributed by atoms with Crippen LogP contribution >= 0.6 is 0 Å². The van der Waals surface area contributed by atoms with E-state index >= 15 is 0 Å². The molecule has 6 nitrogen and oxygen atoms in total. The number of carbonyl (C=O) groups is 2. The van der Waals surface area contributed by atoms with Gasteiger partial charge in [-0.2, -0.15) is 0 Å². The summed E-state index contributed by atoms with van der Waals surface area (Å²) in [6.45, 7) is 5.76. The van der Waals surface area contributed by atoms with Crippen molar-refractivity contribution in [3.8, 4) is 0 Å². The maximum Gasteiger partial charge on any atom is 0.325 e. The third-order valence-corrected chi connectivity index (χ3v) is 4.75. The van der Waals surface area contributed by atoms with Gasteiger partial charge in [0.05, 0.1) is 6.10 Å².